The number of anilines is 1. The summed E-state index contributed by atoms with van der Waals surface area (Å²) in [5.41, 5.74) is 1.62. The molecule has 1 N–H and O–H groups in total. The standard InChI is InChI=1S/C26H22BrNO5/c1-3-33-19-11-7-10-18(15-19)28-23(16-8-5-4-6-9-16)22(25(30)26(28)31)24(29)17-12-13-21(32-2)20(27)14-17/h4-15,23,29H,3H2,1-2H3/b24-22+. The van der Waals surface area contributed by atoms with Crippen LogP contribution < -0.4 is 14.4 Å². The fourth-order valence-electron chi connectivity index (χ4n) is 3.91. The van der Waals surface area contributed by atoms with E-state index in [-0.39, 0.29) is 11.3 Å². The zero-order valence-corrected chi connectivity index (χ0v) is 19.7. The number of amides is 1. The van der Waals surface area contributed by atoms with Gasteiger partial charge in [-0.1, -0.05) is 36.4 Å². The van der Waals surface area contributed by atoms with Gasteiger partial charge in [0.2, 0.25) is 0 Å². The number of rotatable bonds is 6. The van der Waals surface area contributed by atoms with Gasteiger partial charge in [-0.3, -0.25) is 14.5 Å². The van der Waals surface area contributed by atoms with E-state index in [1.54, 1.807) is 42.5 Å². The molecule has 1 fully saturated rings. The minimum atomic E-state index is -0.802. The normalized spacial score (nSPS) is 17.3. The highest BCUT2D eigenvalue weighted by Gasteiger charge is 2.47. The van der Waals surface area contributed by atoms with Crippen LogP contribution in [0.15, 0.2) is 82.8 Å². The molecule has 3 aromatic carbocycles. The van der Waals surface area contributed by atoms with Gasteiger partial charge in [0.15, 0.2) is 0 Å². The molecule has 0 radical (unpaired) electrons. The summed E-state index contributed by atoms with van der Waals surface area (Å²) in [6.45, 7) is 2.34. The maximum absolute atomic E-state index is 13.2. The number of carbonyl (C=O) groups excluding carboxylic acids is 2. The molecule has 1 amide bonds. The molecule has 3 aromatic rings. The summed E-state index contributed by atoms with van der Waals surface area (Å²) >= 11 is 3.41. The smallest absolute Gasteiger partial charge is 0.300 e. The molecular formula is C26H22BrNO5. The molecule has 1 aliphatic rings. The van der Waals surface area contributed by atoms with Gasteiger partial charge in [-0.2, -0.15) is 0 Å². The van der Waals surface area contributed by atoms with E-state index in [1.165, 1.54) is 12.0 Å². The molecule has 0 aliphatic carbocycles. The van der Waals surface area contributed by atoms with Gasteiger partial charge in [-0.05, 0) is 58.7 Å². The third kappa shape index (κ3) is 4.24. The lowest BCUT2D eigenvalue weighted by Crippen LogP contribution is -2.29. The Bertz CT molecular complexity index is 1240. The highest BCUT2D eigenvalue weighted by molar-refractivity contribution is 9.10. The first-order valence-electron chi connectivity index (χ1n) is 10.4. The van der Waals surface area contributed by atoms with Crippen LogP contribution in [0.5, 0.6) is 11.5 Å². The number of hydrogen-bond donors (Lipinski definition) is 1. The number of nitrogens with zero attached hydrogens (tertiary/aromatic N) is 1. The maximum Gasteiger partial charge on any atom is 0.300 e. The van der Waals surface area contributed by atoms with Crippen LogP contribution in [0, 0.1) is 0 Å². The molecular weight excluding hydrogens is 486 g/mol. The maximum atomic E-state index is 13.2. The van der Waals surface area contributed by atoms with Crippen molar-refractivity contribution in [1.82, 2.24) is 0 Å². The molecule has 1 saturated heterocycles. The van der Waals surface area contributed by atoms with Gasteiger partial charge >= 0.3 is 0 Å². The van der Waals surface area contributed by atoms with Gasteiger partial charge in [0.1, 0.15) is 17.3 Å². The van der Waals surface area contributed by atoms with Crippen molar-refractivity contribution in [3.8, 4) is 11.5 Å². The number of aliphatic hydroxyl groups is 1. The molecule has 168 valence electrons. The van der Waals surface area contributed by atoms with Gasteiger partial charge in [-0.15, -0.1) is 0 Å². The van der Waals surface area contributed by atoms with E-state index in [0.29, 0.717) is 39.4 Å². The fraction of sp³-hybridized carbons (Fsp3) is 0.154. The van der Waals surface area contributed by atoms with Crippen molar-refractivity contribution >= 4 is 39.1 Å². The average molecular weight is 508 g/mol. The van der Waals surface area contributed by atoms with Gasteiger partial charge in [0.05, 0.1) is 29.8 Å². The topological polar surface area (TPSA) is 76.1 Å². The number of carbonyl (C=O) groups is 2. The van der Waals surface area contributed by atoms with E-state index in [1.807, 2.05) is 37.3 Å². The predicted octanol–water partition coefficient (Wildman–Crippen LogP) is 5.48. The molecule has 4 rings (SSSR count). The Morgan fingerprint density at radius 3 is 2.45 bits per heavy atom. The zero-order valence-electron chi connectivity index (χ0n) is 18.1. The zero-order chi connectivity index (χ0) is 23.5. The average Bonchev–Trinajstić information content (AvgIpc) is 3.10. The van der Waals surface area contributed by atoms with Crippen molar-refractivity contribution in [3.05, 3.63) is 94.0 Å². The van der Waals surface area contributed by atoms with Crippen molar-refractivity contribution < 1.29 is 24.2 Å². The predicted molar refractivity (Wildman–Crippen MR) is 130 cm³/mol. The Morgan fingerprint density at radius 1 is 1.03 bits per heavy atom. The van der Waals surface area contributed by atoms with Crippen LogP contribution in [0.4, 0.5) is 5.69 Å². The SMILES string of the molecule is CCOc1cccc(N2C(=O)C(=O)/C(=C(/O)c3ccc(OC)c(Br)c3)C2c2ccccc2)c1. The number of halogens is 1. The molecule has 1 unspecified atom stereocenters. The van der Waals surface area contributed by atoms with E-state index < -0.39 is 17.7 Å². The summed E-state index contributed by atoms with van der Waals surface area (Å²) in [6, 6.07) is 20.4. The molecule has 6 nitrogen and oxygen atoms in total. The summed E-state index contributed by atoms with van der Waals surface area (Å²) in [6.07, 6.45) is 0. The number of methoxy groups -OCH3 is 1. The Labute approximate surface area is 200 Å². The summed E-state index contributed by atoms with van der Waals surface area (Å²) < 4.78 is 11.5. The third-order valence-electron chi connectivity index (χ3n) is 5.39. The van der Waals surface area contributed by atoms with E-state index in [0.717, 1.165) is 0 Å². The fourth-order valence-corrected chi connectivity index (χ4v) is 4.45. The second kappa shape index (κ2) is 9.50. The molecule has 1 atom stereocenters. The van der Waals surface area contributed by atoms with Crippen LogP contribution in [-0.4, -0.2) is 30.5 Å². The van der Waals surface area contributed by atoms with Crippen molar-refractivity contribution in [3.63, 3.8) is 0 Å². The quantitative estimate of drug-likeness (QED) is 0.271. The van der Waals surface area contributed by atoms with Gasteiger partial charge in [0, 0.05) is 17.3 Å². The van der Waals surface area contributed by atoms with Gasteiger partial charge in [-0.25, -0.2) is 0 Å². The first kappa shape index (κ1) is 22.6. The molecule has 33 heavy (non-hydrogen) atoms. The van der Waals surface area contributed by atoms with Crippen molar-refractivity contribution in [2.45, 2.75) is 13.0 Å². The van der Waals surface area contributed by atoms with E-state index in [4.69, 9.17) is 9.47 Å². The number of ether oxygens (including phenoxy) is 2. The highest BCUT2D eigenvalue weighted by Crippen LogP contribution is 2.43. The Morgan fingerprint density at radius 2 is 1.79 bits per heavy atom. The molecule has 0 aromatic heterocycles. The van der Waals surface area contributed by atoms with Crippen LogP contribution in [0.2, 0.25) is 0 Å². The van der Waals surface area contributed by atoms with Crippen LogP contribution in [0.3, 0.4) is 0 Å². The second-order valence-corrected chi connectivity index (χ2v) is 8.21. The molecule has 7 heteroatoms. The second-order valence-electron chi connectivity index (χ2n) is 7.36. The summed E-state index contributed by atoms with van der Waals surface area (Å²) in [5, 5.41) is 11.2. The lowest BCUT2D eigenvalue weighted by molar-refractivity contribution is -0.132. The minimum absolute atomic E-state index is 0.0186. The lowest BCUT2D eigenvalue weighted by Gasteiger charge is -2.25. The van der Waals surface area contributed by atoms with Crippen molar-refractivity contribution in [1.29, 1.82) is 0 Å². The van der Waals surface area contributed by atoms with Gasteiger partial charge in [0.25, 0.3) is 11.7 Å². The molecule has 1 aliphatic heterocycles. The first-order valence-corrected chi connectivity index (χ1v) is 11.2. The number of hydrogen-bond acceptors (Lipinski definition) is 5. The molecule has 0 bridgehead atoms. The number of ketones is 1. The Balaban J connectivity index is 1.91. The van der Waals surface area contributed by atoms with Crippen molar-refractivity contribution in [2.24, 2.45) is 0 Å². The van der Waals surface area contributed by atoms with Crippen molar-refractivity contribution in [2.75, 3.05) is 18.6 Å². The molecule has 0 spiro atoms. The highest BCUT2D eigenvalue weighted by atomic mass is 79.9. The number of benzene rings is 3. The number of Topliss-reactive ketones (excluding diaryl/α,β-unsaturated/α-hetero) is 1. The largest absolute Gasteiger partial charge is 0.507 e. The Hall–Kier alpha value is -3.58. The summed E-state index contributed by atoms with van der Waals surface area (Å²) in [4.78, 5) is 27.9. The Kier molecular flexibility index (Phi) is 6.51. The van der Waals surface area contributed by atoms with E-state index in [9.17, 15) is 14.7 Å². The molecule has 0 saturated carbocycles. The van der Waals surface area contributed by atoms with Crippen LogP contribution in [0.1, 0.15) is 24.1 Å². The van der Waals surface area contributed by atoms with Crippen LogP contribution >= 0.6 is 15.9 Å². The monoisotopic (exact) mass is 507 g/mol. The van der Waals surface area contributed by atoms with E-state index >= 15 is 0 Å². The van der Waals surface area contributed by atoms with Crippen LogP contribution in [-0.2, 0) is 9.59 Å². The van der Waals surface area contributed by atoms with Gasteiger partial charge < -0.3 is 14.6 Å². The summed E-state index contributed by atoms with van der Waals surface area (Å²) in [7, 11) is 1.54. The first-order chi connectivity index (χ1) is 16.0. The summed E-state index contributed by atoms with van der Waals surface area (Å²) in [5.74, 6) is -0.557. The lowest BCUT2D eigenvalue weighted by atomic mass is 9.95. The minimum Gasteiger partial charge on any atom is -0.507 e. The third-order valence-corrected chi connectivity index (χ3v) is 6.01. The number of aliphatic hydroxyl groups excluding tert-OH is 1. The van der Waals surface area contributed by atoms with Crippen LogP contribution in [0.25, 0.3) is 5.76 Å². The molecule has 1 heterocycles. The van der Waals surface area contributed by atoms with E-state index in [2.05, 4.69) is 15.9 Å².